The Labute approximate surface area is 130 Å². The molecule has 1 fully saturated rings. The van der Waals surface area contributed by atoms with Gasteiger partial charge in [-0.2, -0.15) is 0 Å². The van der Waals surface area contributed by atoms with Gasteiger partial charge in [-0.15, -0.1) is 0 Å². The summed E-state index contributed by atoms with van der Waals surface area (Å²) in [4.78, 5) is 35.7. The SMILES string of the molecule is O=C(O)CC1CN(C(=O)CNC(=O)c2cccc(Br)c2)C1. The van der Waals surface area contributed by atoms with Gasteiger partial charge in [0, 0.05) is 29.0 Å². The molecule has 0 aromatic heterocycles. The third-order valence-electron chi connectivity index (χ3n) is 3.26. The van der Waals surface area contributed by atoms with Crippen LogP contribution in [0.2, 0.25) is 0 Å². The molecule has 0 bridgehead atoms. The number of halogens is 1. The summed E-state index contributed by atoms with van der Waals surface area (Å²) in [5.74, 6) is -1.34. The van der Waals surface area contributed by atoms with E-state index >= 15 is 0 Å². The van der Waals surface area contributed by atoms with Crippen molar-refractivity contribution in [2.24, 2.45) is 5.92 Å². The Kier molecular flexibility index (Phi) is 4.95. The molecule has 2 rings (SSSR count). The molecule has 112 valence electrons. The van der Waals surface area contributed by atoms with Crippen LogP contribution in [0.5, 0.6) is 0 Å². The number of carbonyl (C=O) groups is 3. The molecular weight excluding hydrogens is 340 g/mol. The van der Waals surface area contributed by atoms with Gasteiger partial charge < -0.3 is 15.3 Å². The van der Waals surface area contributed by atoms with Crippen LogP contribution >= 0.6 is 15.9 Å². The van der Waals surface area contributed by atoms with Crippen molar-refractivity contribution in [3.05, 3.63) is 34.3 Å². The highest BCUT2D eigenvalue weighted by Crippen LogP contribution is 2.18. The van der Waals surface area contributed by atoms with Crippen molar-refractivity contribution in [1.82, 2.24) is 10.2 Å². The molecule has 2 N–H and O–H groups in total. The molecule has 1 aliphatic rings. The number of nitrogens with zero attached hydrogens (tertiary/aromatic N) is 1. The van der Waals surface area contributed by atoms with Crippen molar-refractivity contribution < 1.29 is 19.5 Å². The molecule has 1 aromatic carbocycles. The number of nitrogens with one attached hydrogen (secondary N) is 1. The van der Waals surface area contributed by atoms with E-state index in [1.54, 1.807) is 23.1 Å². The van der Waals surface area contributed by atoms with Crippen LogP contribution in [0.3, 0.4) is 0 Å². The summed E-state index contributed by atoms with van der Waals surface area (Å²) in [6, 6.07) is 6.89. The summed E-state index contributed by atoms with van der Waals surface area (Å²) >= 11 is 3.28. The summed E-state index contributed by atoms with van der Waals surface area (Å²) in [7, 11) is 0. The van der Waals surface area contributed by atoms with Crippen LogP contribution in [-0.4, -0.2) is 47.4 Å². The lowest BCUT2D eigenvalue weighted by molar-refractivity contribution is -0.144. The molecular formula is C14H15BrN2O4. The summed E-state index contributed by atoms with van der Waals surface area (Å²) in [5.41, 5.74) is 0.476. The van der Waals surface area contributed by atoms with Crippen LogP contribution in [0, 0.1) is 5.92 Å². The number of rotatable bonds is 5. The number of aliphatic carboxylic acids is 1. The Balaban J connectivity index is 1.75. The lowest BCUT2D eigenvalue weighted by atomic mass is 9.96. The minimum atomic E-state index is -0.852. The van der Waals surface area contributed by atoms with Crippen molar-refractivity contribution in [3.63, 3.8) is 0 Å². The maximum Gasteiger partial charge on any atom is 0.303 e. The Morgan fingerprint density at radius 1 is 1.33 bits per heavy atom. The number of carboxylic acid groups (broad SMARTS) is 1. The molecule has 0 unspecified atom stereocenters. The molecule has 6 nitrogen and oxygen atoms in total. The Morgan fingerprint density at radius 2 is 2.05 bits per heavy atom. The molecule has 1 aromatic rings. The minimum absolute atomic E-state index is 0.0206. The monoisotopic (exact) mass is 354 g/mol. The zero-order valence-corrected chi connectivity index (χ0v) is 12.8. The molecule has 1 heterocycles. The lowest BCUT2D eigenvalue weighted by Crippen LogP contribution is -2.53. The fourth-order valence-electron chi connectivity index (χ4n) is 2.15. The number of carbonyl (C=O) groups excluding carboxylic acids is 2. The van der Waals surface area contributed by atoms with Crippen LogP contribution in [0.1, 0.15) is 16.8 Å². The van der Waals surface area contributed by atoms with Crippen LogP contribution in [0.4, 0.5) is 0 Å². The van der Waals surface area contributed by atoms with E-state index in [0.29, 0.717) is 18.7 Å². The summed E-state index contributed by atoms with van der Waals surface area (Å²) < 4.78 is 0.792. The van der Waals surface area contributed by atoms with Gasteiger partial charge in [-0.05, 0) is 18.2 Å². The van der Waals surface area contributed by atoms with Gasteiger partial charge in [0.05, 0.1) is 13.0 Å². The largest absolute Gasteiger partial charge is 0.481 e. The van der Waals surface area contributed by atoms with E-state index in [0.717, 1.165) is 4.47 Å². The fourth-order valence-corrected chi connectivity index (χ4v) is 2.55. The second-order valence-corrected chi connectivity index (χ2v) is 5.87. The summed E-state index contributed by atoms with van der Waals surface area (Å²) in [6.07, 6.45) is 0.0776. The van der Waals surface area contributed by atoms with Crippen molar-refractivity contribution in [1.29, 1.82) is 0 Å². The van der Waals surface area contributed by atoms with E-state index in [1.165, 1.54) is 0 Å². The molecule has 2 amide bonds. The number of amides is 2. The first-order chi connectivity index (χ1) is 9.95. The quantitative estimate of drug-likeness (QED) is 0.829. The average Bonchev–Trinajstić information content (AvgIpc) is 2.39. The van der Waals surface area contributed by atoms with Gasteiger partial charge in [0.2, 0.25) is 5.91 Å². The number of hydrogen-bond acceptors (Lipinski definition) is 3. The van der Waals surface area contributed by atoms with Crippen LogP contribution < -0.4 is 5.32 Å². The minimum Gasteiger partial charge on any atom is -0.481 e. The van der Waals surface area contributed by atoms with Crippen molar-refractivity contribution >= 4 is 33.7 Å². The van der Waals surface area contributed by atoms with E-state index in [-0.39, 0.29) is 30.7 Å². The first-order valence-corrected chi connectivity index (χ1v) is 7.28. The highest BCUT2D eigenvalue weighted by Gasteiger charge is 2.31. The molecule has 0 atom stereocenters. The lowest BCUT2D eigenvalue weighted by Gasteiger charge is -2.38. The van der Waals surface area contributed by atoms with Gasteiger partial charge in [-0.1, -0.05) is 22.0 Å². The van der Waals surface area contributed by atoms with E-state index in [1.807, 2.05) is 6.07 Å². The fraction of sp³-hybridized carbons (Fsp3) is 0.357. The van der Waals surface area contributed by atoms with Gasteiger partial charge in [0.25, 0.3) is 5.91 Å². The second-order valence-electron chi connectivity index (χ2n) is 4.96. The molecule has 1 aliphatic heterocycles. The van der Waals surface area contributed by atoms with Crippen molar-refractivity contribution in [2.75, 3.05) is 19.6 Å². The molecule has 1 saturated heterocycles. The first-order valence-electron chi connectivity index (χ1n) is 6.49. The first kappa shape index (κ1) is 15.5. The highest BCUT2D eigenvalue weighted by molar-refractivity contribution is 9.10. The molecule has 21 heavy (non-hydrogen) atoms. The topological polar surface area (TPSA) is 86.7 Å². The zero-order chi connectivity index (χ0) is 15.4. The number of benzene rings is 1. The standard InChI is InChI=1S/C14H15BrN2O4/c15-11-3-1-2-10(5-11)14(21)16-6-12(18)17-7-9(8-17)4-13(19)20/h1-3,5,9H,4,6-8H2,(H,16,21)(H,19,20). The molecule has 0 aliphatic carbocycles. The van der Waals surface area contributed by atoms with Crippen molar-refractivity contribution in [2.45, 2.75) is 6.42 Å². The maximum absolute atomic E-state index is 11.9. The van der Waals surface area contributed by atoms with Crippen molar-refractivity contribution in [3.8, 4) is 0 Å². The summed E-state index contributed by atoms with van der Waals surface area (Å²) in [5, 5.41) is 11.2. The second kappa shape index (κ2) is 6.71. The predicted molar refractivity (Wildman–Crippen MR) is 78.8 cm³/mol. The van der Waals surface area contributed by atoms with E-state index in [9.17, 15) is 14.4 Å². The maximum atomic E-state index is 11.9. The van der Waals surface area contributed by atoms with E-state index in [4.69, 9.17) is 5.11 Å². The molecule has 0 spiro atoms. The number of hydrogen-bond donors (Lipinski definition) is 2. The molecule has 0 saturated carbocycles. The average molecular weight is 355 g/mol. The Hall–Kier alpha value is -1.89. The van der Waals surface area contributed by atoms with Crippen LogP contribution in [0.25, 0.3) is 0 Å². The smallest absolute Gasteiger partial charge is 0.303 e. The van der Waals surface area contributed by atoms with E-state index < -0.39 is 5.97 Å². The number of carboxylic acids is 1. The number of likely N-dealkylation sites (tertiary alicyclic amines) is 1. The molecule has 0 radical (unpaired) electrons. The van der Waals surface area contributed by atoms with Gasteiger partial charge >= 0.3 is 5.97 Å². The third kappa shape index (κ3) is 4.29. The van der Waals surface area contributed by atoms with Gasteiger partial charge in [-0.3, -0.25) is 14.4 Å². The summed E-state index contributed by atoms with van der Waals surface area (Å²) in [6.45, 7) is 0.806. The van der Waals surface area contributed by atoms with Crippen LogP contribution in [-0.2, 0) is 9.59 Å². The normalized spacial score (nSPS) is 14.4. The van der Waals surface area contributed by atoms with Crippen LogP contribution in [0.15, 0.2) is 28.7 Å². The van der Waals surface area contributed by atoms with E-state index in [2.05, 4.69) is 21.2 Å². The third-order valence-corrected chi connectivity index (χ3v) is 3.75. The predicted octanol–water partition coefficient (Wildman–Crippen LogP) is 1.11. The zero-order valence-electron chi connectivity index (χ0n) is 11.2. The molecule has 7 heteroatoms. The van der Waals surface area contributed by atoms with Gasteiger partial charge in [-0.25, -0.2) is 0 Å². The van der Waals surface area contributed by atoms with Gasteiger partial charge in [0.15, 0.2) is 0 Å². The Bertz CT molecular complexity index is 570. The highest BCUT2D eigenvalue weighted by atomic mass is 79.9. The van der Waals surface area contributed by atoms with Gasteiger partial charge in [0.1, 0.15) is 0 Å². The Morgan fingerprint density at radius 3 is 2.67 bits per heavy atom.